The largest absolute Gasteiger partial charge is 0.347 e. The molecule has 2 aliphatic rings. The van der Waals surface area contributed by atoms with E-state index in [1.165, 1.54) is 6.08 Å². The summed E-state index contributed by atoms with van der Waals surface area (Å²) in [5.74, 6) is -0.260. The molecule has 1 saturated heterocycles. The molecule has 4 heteroatoms. The Hall–Kier alpha value is -2.46. The molecule has 1 aromatic carbocycles. The van der Waals surface area contributed by atoms with Crippen molar-refractivity contribution in [3.05, 3.63) is 66.8 Å². The van der Waals surface area contributed by atoms with Crippen LogP contribution in [0, 0.1) is 5.92 Å². The zero-order chi connectivity index (χ0) is 17.2. The Kier molecular flexibility index (Phi) is 4.49. The summed E-state index contributed by atoms with van der Waals surface area (Å²) in [6.07, 6.45) is 8.18. The summed E-state index contributed by atoms with van der Waals surface area (Å²) in [5, 5.41) is 0. The minimum Gasteiger partial charge on any atom is -0.347 e. The number of hydrogen-bond acceptors (Lipinski definition) is 3. The lowest BCUT2D eigenvalue weighted by Crippen LogP contribution is -2.60. The number of benzene rings is 1. The van der Waals surface area contributed by atoms with Crippen LogP contribution in [0.3, 0.4) is 0 Å². The number of hydrogen-bond donors (Lipinski definition) is 0. The van der Waals surface area contributed by atoms with Crippen molar-refractivity contribution in [1.29, 1.82) is 0 Å². The highest BCUT2D eigenvalue weighted by Crippen LogP contribution is 2.37. The molecule has 0 radical (unpaired) electrons. The lowest BCUT2D eigenvalue weighted by atomic mass is 9.92. The molecule has 4 nitrogen and oxygen atoms in total. The molecule has 1 aliphatic carbocycles. The zero-order valence-electron chi connectivity index (χ0n) is 13.8. The molecule has 0 saturated carbocycles. The van der Waals surface area contributed by atoms with E-state index in [0.717, 1.165) is 12.1 Å². The SMILES string of the molecule is C=CCCC1COC2(C=CC(=O)C(C)=C2)N(c2ccccc2)C1=O. The second-order valence-electron chi connectivity index (χ2n) is 6.16. The first-order valence-electron chi connectivity index (χ1n) is 8.14. The van der Waals surface area contributed by atoms with Crippen molar-refractivity contribution in [2.45, 2.75) is 25.5 Å². The second kappa shape index (κ2) is 6.57. The quantitative estimate of drug-likeness (QED) is 0.798. The van der Waals surface area contributed by atoms with Gasteiger partial charge in [-0.1, -0.05) is 24.3 Å². The van der Waals surface area contributed by atoms with Gasteiger partial charge in [0.25, 0.3) is 0 Å². The Labute approximate surface area is 142 Å². The normalized spacial score (nSPS) is 26.6. The number of amides is 1. The Bertz CT molecular complexity index is 720. The van der Waals surface area contributed by atoms with Crippen LogP contribution in [0.1, 0.15) is 19.8 Å². The fraction of sp³-hybridized carbons (Fsp3) is 0.300. The fourth-order valence-electron chi connectivity index (χ4n) is 3.14. The molecule has 1 amide bonds. The molecule has 0 bridgehead atoms. The van der Waals surface area contributed by atoms with Gasteiger partial charge in [0.15, 0.2) is 11.5 Å². The van der Waals surface area contributed by atoms with Crippen LogP contribution >= 0.6 is 0 Å². The van der Waals surface area contributed by atoms with Crippen LogP contribution in [0.4, 0.5) is 5.69 Å². The van der Waals surface area contributed by atoms with E-state index < -0.39 is 5.72 Å². The molecule has 1 fully saturated rings. The third kappa shape index (κ3) is 2.85. The summed E-state index contributed by atoms with van der Waals surface area (Å²) in [7, 11) is 0. The Morgan fingerprint density at radius 1 is 1.33 bits per heavy atom. The Morgan fingerprint density at radius 2 is 2.08 bits per heavy atom. The first-order chi connectivity index (χ1) is 11.6. The second-order valence-corrected chi connectivity index (χ2v) is 6.16. The number of allylic oxidation sites excluding steroid dienone is 3. The number of ether oxygens (including phenoxy) is 1. The van der Waals surface area contributed by atoms with Gasteiger partial charge in [0.1, 0.15) is 0 Å². The number of ketones is 1. The monoisotopic (exact) mass is 323 g/mol. The van der Waals surface area contributed by atoms with Crippen LogP contribution in [-0.4, -0.2) is 24.0 Å². The molecule has 0 aromatic heterocycles. The third-order valence-corrected chi connectivity index (χ3v) is 4.45. The first-order valence-corrected chi connectivity index (χ1v) is 8.14. The maximum absolute atomic E-state index is 13.2. The summed E-state index contributed by atoms with van der Waals surface area (Å²) in [6.45, 7) is 5.80. The summed E-state index contributed by atoms with van der Waals surface area (Å²) in [5.41, 5.74) is 0.311. The van der Waals surface area contributed by atoms with Crippen molar-refractivity contribution in [3.63, 3.8) is 0 Å². The van der Waals surface area contributed by atoms with Crippen molar-refractivity contribution in [1.82, 2.24) is 0 Å². The molecule has 1 heterocycles. The van der Waals surface area contributed by atoms with Crippen molar-refractivity contribution in [2.24, 2.45) is 5.92 Å². The molecule has 2 atom stereocenters. The maximum atomic E-state index is 13.2. The highest BCUT2D eigenvalue weighted by atomic mass is 16.5. The number of para-hydroxylation sites is 1. The van der Waals surface area contributed by atoms with E-state index >= 15 is 0 Å². The van der Waals surface area contributed by atoms with E-state index in [-0.39, 0.29) is 17.6 Å². The number of rotatable bonds is 4. The van der Waals surface area contributed by atoms with Crippen LogP contribution in [0.15, 0.2) is 66.8 Å². The van der Waals surface area contributed by atoms with Crippen LogP contribution < -0.4 is 4.90 Å². The minimum atomic E-state index is -1.03. The molecule has 3 rings (SSSR count). The van der Waals surface area contributed by atoms with E-state index in [9.17, 15) is 9.59 Å². The smallest absolute Gasteiger partial charge is 0.235 e. The maximum Gasteiger partial charge on any atom is 0.235 e. The van der Waals surface area contributed by atoms with E-state index in [0.29, 0.717) is 18.6 Å². The molecule has 1 spiro atoms. The molecule has 1 aromatic rings. The van der Waals surface area contributed by atoms with Gasteiger partial charge in [-0.2, -0.15) is 0 Å². The standard InChI is InChI=1S/C20H21NO3/c1-3-4-8-16-14-24-20(12-11-18(22)15(2)13-20)21(19(16)23)17-9-6-5-7-10-17/h3,5-7,9-13,16H,1,4,8,14H2,2H3. The van der Waals surface area contributed by atoms with Gasteiger partial charge in [-0.05, 0) is 55.7 Å². The molecule has 1 aliphatic heterocycles. The van der Waals surface area contributed by atoms with Crippen LogP contribution in [0.25, 0.3) is 0 Å². The fourth-order valence-corrected chi connectivity index (χ4v) is 3.14. The highest BCUT2D eigenvalue weighted by Gasteiger charge is 2.46. The van der Waals surface area contributed by atoms with Gasteiger partial charge >= 0.3 is 0 Å². The van der Waals surface area contributed by atoms with E-state index in [2.05, 4.69) is 6.58 Å². The molecule has 2 unspecified atom stereocenters. The van der Waals surface area contributed by atoms with Crippen LogP contribution in [-0.2, 0) is 14.3 Å². The molecule has 0 N–H and O–H groups in total. The molecular weight excluding hydrogens is 302 g/mol. The van der Waals surface area contributed by atoms with E-state index in [4.69, 9.17) is 4.74 Å². The number of anilines is 1. The topological polar surface area (TPSA) is 46.6 Å². The van der Waals surface area contributed by atoms with Crippen molar-refractivity contribution >= 4 is 17.4 Å². The number of carbonyl (C=O) groups excluding carboxylic acids is 2. The first kappa shape index (κ1) is 16.4. The van der Waals surface area contributed by atoms with Gasteiger partial charge in [-0.3, -0.25) is 14.5 Å². The highest BCUT2D eigenvalue weighted by molar-refractivity contribution is 6.06. The van der Waals surface area contributed by atoms with Gasteiger partial charge < -0.3 is 4.74 Å². The number of nitrogens with zero attached hydrogens (tertiary/aromatic N) is 1. The van der Waals surface area contributed by atoms with Crippen LogP contribution in [0.5, 0.6) is 0 Å². The molecule has 24 heavy (non-hydrogen) atoms. The molecular formula is C20H21NO3. The van der Waals surface area contributed by atoms with Gasteiger partial charge in [-0.25, -0.2) is 0 Å². The summed E-state index contributed by atoms with van der Waals surface area (Å²) in [6, 6.07) is 9.44. The predicted molar refractivity (Wildman–Crippen MR) is 93.4 cm³/mol. The van der Waals surface area contributed by atoms with Crippen molar-refractivity contribution in [2.75, 3.05) is 11.5 Å². The van der Waals surface area contributed by atoms with Crippen molar-refractivity contribution in [3.8, 4) is 0 Å². The number of carbonyl (C=O) groups is 2. The van der Waals surface area contributed by atoms with Crippen LogP contribution in [0.2, 0.25) is 0 Å². The molecule has 124 valence electrons. The van der Waals surface area contributed by atoms with E-state index in [1.54, 1.807) is 24.0 Å². The zero-order valence-corrected chi connectivity index (χ0v) is 13.8. The average Bonchev–Trinajstić information content (AvgIpc) is 2.59. The lowest BCUT2D eigenvalue weighted by Gasteiger charge is -2.46. The average molecular weight is 323 g/mol. The van der Waals surface area contributed by atoms with Gasteiger partial charge in [-0.15, -0.1) is 6.58 Å². The minimum absolute atomic E-state index is 0.0114. The predicted octanol–water partition coefficient (Wildman–Crippen LogP) is 3.41. The summed E-state index contributed by atoms with van der Waals surface area (Å²) >= 11 is 0. The Balaban J connectivity index is 2.03. The lowest BCUT2D eigenvalue weighted by molar-refractivity contribution is -0.138. The van der Waals surface area contributed by atoms with Gasteiger partial charge in [0.2, 0.25) is 5.91 Å². The van der Waals surface area contributed by atoms with E-state index in [1.807, 2.05) is 36.4 Å². The Morgan fingerprint density at radius 3 is 2.75 bits per heavy atom. The summed E-state index contributed by atoms with van der Waals surface area (Å²) in [4.78, 5) is 26.6. The van der Waals surface area contributed by atoms with Gasteiger partial charge in [0.05, 0.1) is 12.5 Å². The summed E-state index contributed by atoms with van der Waals surface area (Å²) < 4.78 is 6.13. The third-order valence-electron chi connectivity index (χ3n) is 4.45. The van der Waals surface area contributed by atoms with Crippen molar-refractivity contribution < 1.29 is 14.3 Å². The van der Waals surface area contributed by atoms with Gasteiger partial charge in [0, 0.05) is 5.69 Å².